The molecule has 2 N–H and O–H groups in total. The molecular weight excluding hydrogens is 298 g/mol. The predicted octanol–water partition coefficient (Wildman–Crippen LogP) is 3.12. The third-order valence-electron chi connectivity index (χ3n) is 4.34. The summed E-state index contributed by atoms with van der Waals surface area (Å²) in [5, 5.41) is 9.32. The molecule has 0 radical (unpaired) electrons. The van der Waals surface area contributed by atoms with Gasteiger partial charge in [0.15, 0.2) is 5.96 Å². The van der Waals surface area contributed by atoms with Crippen molar-refractivity contribution in [2.45, 2.75) is 32.3 Å². The number of benzene rings is 2. The van der Waals surface area contributed by atoms with Crippen molar-refractivity contribution in [2.75, 3.05) is 26.2 Å². The quantitative estimate of drug-likeness (QED) is 0.634. The van der Waals surface area contributed by atoms with Gasteiger partial charge in [-0.1, -0.05) is 42.5 Å². The van der Waals surface area contributed by atoms with Crippen molar-refractivity contribution in [3.8, 4) is 0 Å². The second-order valence-corrected chi connectivity index (χ2v) is 6.21. The van der Waals surface area contributed by atoms with Crippen LogP contribution in [0.1, 0.15) is 25.3 Å². The Morgan fingerprint density at radius 3 is 2.83 bits per heavy atom. The third-order valence-corrected chi connectivity index (χ3v) is 4.34. The Bertz CT molecular complexity index is 677. The van der Waals surface area contributed by atoms with Crippen LogP contribution in [0.15, 0.2) is 47.5 Å². The van der Waals surface area contributed by atoms with E-state index in [0.717, 1.165) is 51.5 Å². The van der Waals surface area contributed by atoms with Crippen LogP contribution in [0.2, 0.25) is 0 Å². The first-order chi connectivity index (χ1) is 11.8. The van der Waals surface area contributed by atoms with Gasteiger partial charge in [0.05, 0.1) is 12.6 Å². The van der Waals surface area contributed by atoms with E-state index in [2.05, 4.69) is 65.0 Å². The molecule has 2 aromatic rings. The number of fused-ring (bicyclic) bond motifs is 1. The Kier molecular flexibility index (Phi) is 6.07. The molecule has 0 aliphatic carbocycles. The molecular formula is C20H27N3O. The van der Waals surface area contributed by atoms with Crippen molar-refractivity contribution in [2.24, 2.45) is 4.99 Å². The summed E-state index contributed by atoms with van der Waals surface area (Å²) < 4.78 is 5.63. The lowest BCUT2D eigenvalue weighted by molar-refractivity contribution is 0.117. The molecule has 24 heavy (non-hydrogen) atoms. The first-order valence-corrected chi connectivity index (χ1v) is 8.96. The number of nitrogens with one attached hydrogen (secondary N) is 2. The zero-order valence-corrected chi connectivity index (χ0v) is 14.4. The van der Waals surface area contributed by atoms with E-state index in [1.54, 1.807) is 0 Å². The largest absolute Gasteiger partial charge is 0.376 e. The number of hydrogen-bond acceptors (Lipinski definition) is 2. The molecule has 4 heteroatoms. The SMILES string of the molecule is CCNC(=NCC1CCCO1)NCCc1ccc2ccccc2c1. The highest BCUT2D eigenvalue weighted by atomic mass is 16.5. The molecule has 0 amide bonds. The standard InChI is InChI=1S/C20H27N3O/c1-2-21-20(23-15-19-8-5-13-24-19)22-12-11-16-9-10-17-6-3-4-7-18(17)14-16/h3-4,6-7,9-10,14,19H,2,5,8,11-13,15H2,1H3,(H2,21,22,23). The van der Waals surface area contributed by atoms with Gasteiger partial charge in [0, 0.05) is 19.7 Å². The number of ether oxygens (including phenoxy) is 1. The second-order valence-electron chi connectivity index (χ2n) is 6.21. The molecule has 0 aromatic heterocycles. The van der Waals surface area contributed by atoms with Gasteiger partial charge in [-0.05, 0) is 42.5 Å². The van der Waals surface area contributed by atoms with Crippen LogP contribution in [0.5, 0.6) is 0 Å². The molecule has 1 heterocycles. The van der Waals surface area contributed by atoms with Gasteiger partial charge in [-0.2, -0.15) is 0 Å². The number of nitrogens with zero attached hydrogens (tertiary/aromatic N) is 1. The van der Waals surface area contributed by atoms with Crippen LogP contribution >= 0.6 is 0 Å². The molecule has 1 atom stereocenters. The lowest BCUT2D eigenvalue weighted by Crippen LogP contribution is -2.38. The van der Waals surface area contributed by atoms with Crippen molar-refractivity contribution >= 4 is 16.7 Å². The Labute approximate surface area is 144 Å². The van der Waals surface area contributed by atoms with Crippen molar-refractivity contribution in [1.29, 1.82) is 0 Å². The summed E-state index contributed by atoms with van der Waals surface area (Å²) in [5.74, 6) is 0.883. The van der Waals surface area contributed by atoms with Crippen LogP contribution in [-0.2, 0) is 11.2 Å². The summed E-state index contributed by atoms with van der Waals surface area (Å²) in [6.45, 7) is 5.45. The topological polar surface area (TPSA) is 45.7 Å². The van der Waals surface area contributed by atoms with E-state index in [1.165, 1.54) is 16.3 Å². The second kappa shape index (κ2) is 8.69. The summed E-state index contributed by atoms with van der Waals surface area (Å²) in [6, 6.07) is 15.2. The zero-order chi connectivity index (χ0) is 16.6. The maximum atomic E-state index is 5.63. The van der Waals surface area contributed by atoms with Crippen molar-refractivity contribution < 1.29 is 4.74 Å². The monoisotopic (exact) mass is 325 g/mol. The molecule has 2 aromatic carbocycles. The number of aliphatic imine (C=N–C) groups is 1. The van der Waals surface area contributed by atoms with Gasteiger partial charge < -0.3 is 15.4 Å². The van der Waals surface area contributed by atoms with E-state index >= 15 is 0 Å². The van der Waals surface area contributed by atoms with Crippen LogP contribution in [0.25, 0.3) is 10.8 Å². The van der Waals surface area contributed by atoms with Crippen LogP contribution in [0, 0.1) is 0 Å². The van der Waals surface area contributed by atoms with Gasteiger partial charge in [0.2, 0.25) is 0 Å². The lowest BCUT2D eigenvalue weighted by atomic mass is 10.1. The summed E-state index contributed by atoms with van der Waals surface area (Å²) >= 11 is 0. The van der Waals surface area contributed by atoms with Crippen molar-refractivity contribution in [1.82, 2.24) is 10.6 Å². The first kappa shape index (κ1) is 16.8. The zero-order valence-electron chi connectivity index (χ0n) is 14.4. The molecule has 0 saturated carbocycles. The summed E-state index contributed by atoms with van der Waals surface area (Å²) in [4.78, 5) is 4.65. The molecule has 4 nitrogen and oxygen atoms in total. The highest BCUT2D eigenvalue weighted by Crippen LogP contribution is 2.15. The number of rotatable bonds is 6. The molecule has 1 aliphatic rings. The van der Waals surface area contributed by atoms with Gasteiger partial charge in [0.25, 0.3) is 0 Å². The van der Waals surface area contributed by atoms with Crippen molar-refractivity contribution in [3.63, 3.8) is 0 Å². The minimum Gasteiger partial charge on any atom is -0.376 e. The average Bonchev–Trinajstić information content (AvgIpc) is 3.13. The Morgan fingerprint density at radius 1 is 1.17 bits per heavy atom. The van der Waals surface area contributed by atoms with Crippen LogP contribution in [0.3, 0.4) is 0 Å². The van der Waals surface area contributed by atoms with Gasteiger partial charge in [-0.3, -0.25) is 4.99 Å². The van der Waals surface area contributed by atoms with Crippen LogP contribution in [-0.4, -0.2) is 38.3 Å². The van der Waals surface area contributed by atoms with E-state index in [1.807, 2.05) is 0 Å². The molecule has 1 fully saturated rings. The molecule has 1 aliphatic heterocycles. The molecule has 0 spiro atoms. The van der Waals surface area contributed by atoms with E-state index in [-0.39, 0.29) is 0 Å². The van der Waals surface area contributed by atoms with Gasteiger partial charge in [-0.25, -0.2) is 0 Å². The van der Waals surface area contributed by atoms with E-state index < -0.39 is 0 Å². The lowest BCUT2D eigenvalue weighted by Gasteiger charge is -2.13. The molecule has 0 bridgehead atoms. The molecule has 3 rings (SSSR count). The van der Waals surface area contributed by atoms with Crippen LogP contribution in [0.4, 0.5) is 0 Å². The minimum atomic E-state index is 0.293. The van der Waals surface area contributed by atoms with Gasteiger partial charge in [0.1, 0.15) is 0 Å². The molecule has 128 valence electrons. The number of guanidine groups is 1. The Hall–Kier alpha value is -2.07. The summed E-state index contributed by atoms with van der Waals surface area (Å²) in [7, 11) is 0. The maximum Gasteiger partial charge on any atom is 0.191 e. The fourth-order valence-corrected chi connectivity index (χ4v) is 3.04. The minimum absolute atomic E-state index is 0.293. The Balaban J connectivity index is 1.52. The Morgan fingerprint density at radius 2 is 2.04 bits per heavy atom. The highest BCUT2D eigenvalue weighted by molar-refractivity contribution is 5.83. The van der Waals surface area contributed by atoms with Crippen LogP contribution < -0.4 is 10.6 Å². The molecule has 1 saturated heterocycles. The van der Waals surface area contributed by atoms with Gasteiger partial charge >= 0.3 is 0 Å². The fraction of sp³-hybridized carbons (Fsp3) is 0.450. The summed E-state index contributed by atoms with van der Waals surface area (Å²) in [6.07, 6.45) is 3.56. The third kappa shape index (κ3) is 4.71. The number of hydrogen-bond donors (Lipinski definition) is 2. The highest BCUT2D eigenvalue weighted by Gasteiger charge is 2.14. The average molecular weight is 325 g/mol. The van der Waals surface area contributed by atoms with E-state index in [9.17, 15) is 0 Å². The van der Waals surface area contributed by atoms with E-state index in [4.69, 9.17) is 4.74 Å². The fourth-order valence-electron chi connectivity index (χ4n) is 3.04. The van der Waals surface area contributed by atoms with E-state index in [0.29, 0.717) is 6.10 Å². The predicted molar refractivity (Wildman–Crippen MR) is 101 cm³/mol. The van der Waals surface area contributed by atoms with Crippen molar-refractivity contribution in [3.05, 3.63) is 48.0 Å². The smallest absolute Gasteiger partial charge is 0.191 e. The molecule has 1 unspecified atom stereocenters. The summed E-state index contributed by atoms with van der Waals surface area (Å²) in [5.41, 5.74) is 1.34. The van der Waals surface area contributed by atoms with Gasteiger partial charge in [-0.15, -0.1) is 0 Å². The first-order valence-electron chi connectivity index (χ1n) is 8.96. The maximum absolute atomic E-state index is 5.63. The normalized spacial score (nSPS) is 18.0.